The molecule has 1 heterocycles. The molecule has 0 spiro atoms. The van der Waals surface area contributed by atoms with Gasteiger partial charge in [0, 0.05) is 19.6 Å². The third-order valence-electron chi connectivity index (χ3n) is 3.63. The Morgan fingerprint density at radius 1 is 1.48 bits per heavy atom. The number of sulfonamides is 1. The predicted molar refractivity (Wildman–Crippen MR) is 84.9 cm³/mol. The van der Waals surface area contributed by atoms with Gasteiger partial charge in [0.1, 0.15) is 5.82 Å². The number of halogens is 2. The third kappa shape index (κ3) is 5.65. The third-order valence-corrected chi connectivity index (χ3v) is 4.93. The van der Waals surface area contributed by atoms with Crippen molar-refractivity contribution in [3.8, 4) is 0 Å². The van der Waals surface area contributed by atoms with Crippen LogP contribution in [0.2, 0.25) is 0 Å². The van der Waals surface area contributed by atoms with Gasteiger partial charge < -0.3 is 0 Å². The number of benzene rings is 1. The van der Waals surface area contributed by atoms with E-state index in [4.69, 9.17) is 0 Å². The monoisotopic (exact) mass is 378 g/mol. The number of hydrogen-bond acceptors (Lipinski definition) is 3. The van der Waals surface area contributed by atoms with Gasteiger partial charge in [-0.2, -0.15) is 0 Å². The van der Waals surface area contributed by atoms with Crippen molar-refractivity contribution < 1.29 is 12.8 Å². The molecule has 0 aliphatic carbocycles. The molecule has 0 unspecified atom stereocenters. The zero-order valence-electron chi connectivity index (χ0n) is 12.0. The van der Waals surface area contributed by atoms with E-state index in [1.54, 1.807) is 12.1 Å². The van der Waals surface area contributed by atoms with Crippen molar-refractivity contribution in [1.82, 2.24) is 9.62 Å². The van der Waals surface area contributed by atoms with Crippen LogP contribution in [-0.2, 0) is 16.6 Å². The summed E-state index contributed by atoms with van der Waals surface area (Å²) in [5, 5.41) is 0. The van der Waals surface area contributed by atoms with Gasteiger partial charge >= 0.3 is 0 Å². The lowest BCUT2D eigenvalue weighted by Crippen LogP contribution is -2.40. The highest BCUT2D eigenvalue weighted by Crippen LogP contribution is 2.21. The van der Waals surface area contributed by atoms with Crippen LogP contribution in [-0.4, -0.2) is 39.2 Å². The van der Waals surface area contributed by atoms with Crippen LogP contribution >= 0.6 is 15.9 Å². The highest BCUT2D eigenvalue weighted by molar-refractivity contribution is 9.10. The van der Waals surface area contributed by atoms with Crippen LogP contribution in [0.5, 0.6) is 0 Å². The van der Waals surface area contributed by atoms with E-state index in [-0.39, 0.29) is 5.82 Å². The Kier molecular flexibility index (Phi) is 5.76. The van der Waals surface area contributed by atoms with Crippen molar-refractivity contribution in [2.45, 2.75) is 19.4 Å². The first-order chi connectivity index (χ1) is 9.83. The number of piperidine rings is 1. The van der Waals surface area contributed by atoms with Crippen molar-refractivity contribution in [3.05, 3.63) is 34.1 Å². The summed E-state index contributed by atoms with van der Waals surface area (Å²) in [6, 6.07) is 5.05. The van der Waals surface area contributed by atoms with E-state index >= 15 is 0 Å². The highest BCUT2D eigenvalue weighted by Gasteiger charge is 2.21. The van der Waals surface area contributed by atoms with Gasteiger partial charge in [-0.05, 0) is 58.9 Å². The molecular formula is C14H20BrFN2O2S. The Morgan fingerprint density at radius 2 is 2.24 bits per heavy atom. The standard InChI is InChI=1S/C14H20BrFN2O2S/c1-21(19,20)17-8-12-3-2-6-18(10-12)9-11-4-5-14(16)13(15)7-11/h4-5,7,12,17H,2-3,6,8-10H2,1H3/t12-/m1/s1. The second kappa shape index (κ2) is 7.17. The van der Waals surface area contributed by atoms with Crippen molar-refractivity contribution >= 4 is 26.0 Å². The van der Waals surface area contributed by atoms with Gasteiger partial charge in [0.15, 0.2) is 0 Å². The van der Waals surface area contributed by atoms with E-state index in [1.807, 2.05) is 0 Å². The molecule has 2 rings (SSSR count). The molecule has 1 saturated heterocycles. The highest BCUT2D eigenvalue weighted by atomic mass is 79.9. The number of hydrogen-bond donors (Lipinski definition) is 1. The quantitative estimate of drug-likeness (QED) is 0.855. The number of rotatable bonds is 5. The Balaban J connectivity index is 1.90. The van der Waals surface area contributed by atoms with E-state index in [1.165, 1.54) is 12.3 Å². The molecule has 0 saturated carbocycles. The molecule has 1 aliphatic heterocycles. The van der Waals surface area contributed by atoms with E-state index in [0.29, 0.717) is 16.9 Å². The molecule has 0 amide bonds. The average molecular weight is 379 g/mol. The molecular weight excluding hydrogens is 359 g/mol. The molecule has 21 heavy (non-hydrogen) atoms. The minimum Gasteiger partial charge on any atom is -0.299 e. The van der Waals surface area contributed by atoms with Gasteiger partial charge in [-0.3, -0.25) is 4.90 Å². The number of nitrogens with one attached hydrogen (secondary N) is 1. The Hall–Kier alpha value is -0.500. The molecule has 0 bridgehead atoms. The van der Waals surface area contributed by atoms with Crippen LogP contribution in [0.3, 0.4) is 0 Å². The first-order valence-corrected chi connectivity index (χ1v) is 9.63. The molecule has 0 radical (unpaired) electrons. The molecule has 118 valence electrons. The van der Waals surface area contributed by atoms with Crippen molar-refractivity contribution in [2.24, 2.45) is 5.92 Å². The van der Waals surface area contributed by atoms with Gasteiger partial charge in [0.25, 0.3) is 0 Å². The molecule has 1 aromatic rings. The van der Waals surface area contributed by atoms with Crippen LogP contribution in [0.1, 0.15) is 18.4 Å². The Bertz CT molecular complexity index is 595. The smallest absolute Gasteiger partial charge is 0.208 e. The lowest BCUT2D eigenvalue weighted by molar-refractivity contribution is 0.169. The minimum absolute atomic E-state index is 0.257. The summed E-state index contributed by atoms with van der Waals surface area (Å²) in [6.07, 6.45) is 3.27. The van der Waals surface area contributed by atoms with Gasteiger partial charge in [0.2, 0.25) is 10.0 Å². The van der Waals surface area contributed by atoms with Crippen LogP contribution in [0, 0.1) is 11.7 Å². The van der Waals surface area contributed by atoms with Crippen molar-refractivity contribution in [3.63, 3.8) is 0 Å². The summed E-state index contributed by atoms with van der Waals surface area (Å²) in [4.78, 5) is 2.29. The van der Waals surface area contributed by atoms with E-state index in [0.717, 1.165) is 38.0 Å². The van der Waals surface area contributed by atoms with E-state index < -0.39 is 10.0 Å². The maximum absolute atomic E-state index is 13.2. The van der Waals surface area contributed by atoms with Gasteiger partial charge in [0.05, 0.1) is 10.7 Å². The second-order valence-corrected chi connectivity index (χ2v) is 8.30. The molecule has 1 aromatic carbocycles. The topological polar surface area (TPSA) is 49.4 Å². The average Bonchev–Trinajstić information content (AvgIpc) is 2.40. The SMILES string of the molecule is CS(=O)(=O)NC[C@H]1CCCN(Cc2ccc(F)c(Br)c2)C1. The molecule has 4 nitrogen and oxygen atoms in total. The predicted octanol–water partition coefficient (Wildman–Crippen LogP) is 2.35. The summed E-state index contributed by atoms with van der Waals surface area (Å²) in [7, 11) is -3.13. The van der Waals surface area contributed by atoms with Crippen LogP contribution in [0.4, 0.5) is 4.39 Å². The normalized spacial score (nSPS) is 20.6. The first kappa shape index (κ1) is 16.9. The molecule has 1 fully saturated rings. The van der Waals surface area contributed by atoms with Gasteiger partial charge in [-0.1, -0.05) is 6.07 Å². The number of likely N-dealkylation sites (tertiary alicyclic amines) is 1. The van der Waals surface area contributed by atoms with Gasteiger partial charge in [-0.15, -0.1) is 0 Å². The lowest BCUT2D eigenvalue weighted by Gasteiger charge is -2.32. The fraction of sp³-hybridized carbons (Fsp3) is 0.571. The summed E-state index contributed by atoms with van der Waals surface area (Å²) >= 11 is 3.20. The molecule has 1 aliphatic rings. The van der Waals surface area contributed by atoms with Gasteiger partial charge in [-0.25, -0.2) is 17.5 Å². The summed E-state index contributed by atoms with van der Waals surface area (Å²) in [5.74, 6) is 0.0741. The zero-order valence-corrected chi connectivity index (χ0v) is 14.4. The molecule has 0 aromatic heterocycles. The first-order valence-electron chi connectivity index (χ1n) is 6.94. The maximum atomic E-state index is 13.2. The summed E-state index contributed by atoms with van der Waals surface area (Å²) in [5.41, 5.74) is 1.06. The Labute approximate surface area is 133 Å². The lowest BCUT2D eigenvalue weighted by atomic mass is 9.98. The summed E-state index contributed by atoms with van der Waals surface area (Å²) in [6.45, 7) is 3.10. The second-order valence-electron chi connectivity index (χ2n) is 5.61. The summed E-state index contributed by atoms with van der Waals surface area (Å²) < 4.78 is 38.6. The Morgan fingerprint density at radius 3 is 2.90 bits per heavy atom. The van der Waals surface area contributed by atoms with E-state index in [9.17, 15) is 12.8 Å². The zero-order chi connectivity index (χ0) is 15.5. The fourth-order valence-electron chi connectivity index (χ4n) is 2.63. The molecule has 7 heteroatoms. The van der Waals surface area contributed by atoms with E-state index in [2.05, 4.69) is 25.6 Å². The van der Waals surface area contributed by atoms with Crippen LogP contribution in [0.25, 0.3) is 0 Å². The fourth-order valence-corrected chi connectivity index (χ4v) is 3.59. The molecule has 1 N–H and O–H groups in total. The largest absolute Gasteiger partial charge is 0.299 e. The van der Waals surface area contributed by atoms with Crippen molar-refractivity contribution in [2.75, 3.05) is 25.9 Å². The van der Waals surface area contributed by atoms with Crippen LogP contribution < -0.4 is 4.72 Å². The molecule has 1 atom stereocenters. The van der Waals surface area contributed by atoms with Crippen LogP contribution in [0.15, 0.2) is 22.7 Å². The minimum atomic E-state index is -3.13. The maximum Gasteiger partial charge on any atom is 0.208 e. The number of nitrogens with zero attached hydrogens (tertiary/aromatic N) is 1. The van der Waals surface area contributed by atoms with Crippen molar-refractivity contribution in [1.29, 1.82) is 0 Å².